The first kappa shape index (κ1) is 19.2. The summed E-state index contributed by atoms with van der Waals surface area (Å²) < 4.78 is 45.8. The van der Waals surface area contributed by atoms with Crippen molar-refractivity contribution in [1.82, 2.24) is 14.8 Å². The van der Waals surface area contributed by atoms with Crippen LogP contribution in [0.4, 0.5) is 18.9 Å². The third kappa shape index (κ3) is 4.25. The van der Waals surface area contributed by atoms with E-state index in [1.165, 1.54) is 6.07 Å². The number of H-pyrrole nitrogens is 1. The van der Waals surface area contributed by atoms with Crippen LogP contribution in [0.2, 0.25) is 5.02 Å². The minimum atomic E-state index is -4.45. The van der Waals surface area contributed by atoms with Gasteiger partial charge in [0.1, 0.15) is 5.75 Å². The number of halogens is 4. The van der Waals surface area contributed by atoms with Gasteiger partial charge in [0.25, 0.3) is 0 Å². The van der Waals surface area contributed by atoms with Gasteiger partial charge in [0.05, 0.1) is 29.9 Å². The van der Waals surface area contributed by atoms with Crippen LogP contribution >= 0.6 is 23.8 Å². The molecule has 2 N–H and O–H groups in total. The Morgan fingerprint density at radius 1 is 1.22 bits per heavy atom. The summed E-state index contributed by atoms with van der Waals surface area (Å²) in [5.41, 5.74) is 0.103. The number of aromatic amines is 1. The summed E-state index contributed by atoms with van der Waals surface area (Å²) in [5.74, 6) is 1.17. The zero-order valence-electron chi connectivity index (χ0n) is 14.0. The fraction of sp³-hybridized carbons (Fsp3) is 0.176. The van der Waals surface area contributed by atoms with Crippen molar-refractivity contribution in [2.24, 2.45) is 0 Å². The van der Waals surface area contributed by atoms with Crippen LogP contribution < -0.4 is 10.1 Å². The first-order valence-corrected chi connectivity index (χ1v) is 8.49. The van der Waals surface area contributed by atoms with Gasteiger partial charge in [-0.15, -0.1) is 0 Å². The Bertz CT molecular complexity index is 999. The minimum Gasteiger partial charge on any atom is -0.497 e. The van der Waals surface area contributed by atoms with Gasteiger partial charge in [-0.1, -0.05) is 11.6 Å². The molecule has 1 aromatic heterocycles. The zero-order valence-corrected chi connectivity index (χ0v) is 15.5. The highest BCUT2D eigenvalue weighted by atomic mass is 35.5. The summed E-state index contributed by atoms with van der Waals surface area (Å²) in [6.07, 6.45) is -4.45. The van der Waals surface area contributed by atoms with Crippen molar-refractivity contribution < 1.29 is 17.9 Å². The fourth-order valence-corrected chi connectivity index (χ4v) is 2.90. The largest absolute Gasteiger partial charge is 0.497 e. The molecule has 0 unspecified atom stereocenters. The number of hydrogen-bond acceptors (Lipinski definition) is 4. The van der Waals surface area contributed by atoms with Crippen molar-refractivity contribution in [3.05, 3.63) is 63.6 Å². The highest BCUT2D eigenvalue weighted by Gasteiger charge is 2.31. The molecule has 0 aliphatic rings. The van der Waals surface area contributed by atoms with Crippen LogP contribution in [-0.4, -0.2) is 21.9 Å². The van der Waals surface area contributed by atoms with E-state index in [2.05, 4.69) is 15.5 Å². The lowest BCUT2D eigenvalue weighted by molar-refractivity contribution is -0.137. The molecule has 27 heavy (non-hydrogen) atoms. The first-order chi connectivity index (χ1) is 12.8. The molecule has 142 valence electrons. The van der Waals surface area contributed by atoms with Crippen molar-refractivity contribution in [2.45, 2.75) is 12.7 Å². The lowest BCUT2D eigenvalue weighted by Gasteiger charge is -2.13. The molecule has 0 saturated carbocycles. The molecular weight excluding hydrogens is 401 g/mol. The molecule has 0 amide bonds. The summed E-state index contributed by atoms with van der Waals surface area (Å²) in [4.78, 5) is 0. The standard InChI is InChI=1S/C17H14ClF3N4OS/c1-26-12-5-3-11(4-6-12)25-15(23-24-16(25)27)9-22-14-8-10(17(19,20)21)2-7-13(14)18/h2-8,22H,9H2,1H3,(H,24,27). The monoisotopic (exact) mass is 414 g/mol. The molecule has 10 heteroatoms. The van der Waals surface area contributed by atoms with E-state index in [-0.39, 0.29) is 17.3 Å². The van der Waals surface area contributed by atoms with Gasteiger partial charge in [-0.2, -0.15) is 18.3 Å². The molecule has 0 bridgehead atoms. The number of rotatable bonds is 5. The maximum atomic E-state index is 12.9. The van der Waals surface area contributed by atoms with E-state index >= 15 is 0 Å². The van der Waals surface area contributed by atoms with Gasteiger partial charge >= 0.3 is 6.18 Å². The zero-order chi connectivity index (χ0) is 19.6. The molecule has 2 aromatic carbocycles. The highest BCUT2D eigenvalue weighted by molar-refractivity contribution is 7.71. The van der Waals surface area contributed by atoms with E-state index < -0.39 is 11.7 Å². The number of nitrogens with zero attached hydrogens (tertiary/aromatic N) is 2. The normalized spacial score (nSPS) is 11.4. The summed E-state index contributed by atoms with van der Waals surface area (Å²) in [6.45, 7) is 0.111. The Morgan fingerprint density at radius 3 is 2.56 bits per heavy atom. The summed E-state index contributed by atoms with van der Waals surface area (Å²) in [6, 6.07) is 10.2. The third-order valence-corrected chi connectivity index (χ3v) is 4.41. The van der Waals surface area contributed by atoms with Crippen molar-refractivity contribution >= 4 is 29.5 Å². The Balaban J connectivity index is 1.87. The summed E-state index contributed by atoms with van der Waals surface area (Å²) in [7, 11) is 1.56. The molecule has 0 fully saturated rings. The van der Waals surface area contributed by atoms with E-state index in [1.54, 1.807) is 35.9 Å². The fourth-order valence-electron chi connectivity index (χ4n) is 2.46. The summed E-state index contributed by atoms with van der Waals surface area (Å²) >= 11 is 11.3. The van der Waals surface area contributed by atoms with Crippen LogP contribution in [0.25, 0.3) is 5.69 Å². The number of benzene rings is 2. The van der Waals surface area contributed by atoms with Gasteiger partial charge in [0.2, 0.25) is 0 Å². The number of ether oxygens (including phenoxy) is 1. The van der Waals surface area contributed by atoms with Gasteiger partial charge in [-0.25, -0.2) is 0 Å². The molecule has 5 nitrogen and oxygen atoms in total. The van der Waals surface area contributed by atoms with Gasteiger partial charge < -0.3 is 10.1 Å². The van der Waals surface area contributed by atoms with E-state index in [0.29, 0.717) is 16.3 Å². The predicted octanol–water partition coefficient (Wildman–Crippen LogP) is 5.22. The SMILES string of the molecule is COc1ccc(-n2c(CNc3cc(C(F)(F)F)ccc3Cl)n[nH]c2=S)cc1. The van der Waals surface area contributed by atoms with Crippen molar-refractivity contribution in [3.8, 4) is 11.4 Å². The molecule has 0 spiro atoms. The summed E-state index contributed by atoms with van der Waals surface area (Å²) in [5, 5.41) is 9.88. The number of anilines is 1. The third-order valence-electron chi connectivity index (χ3n) is 3.80. The van der Waals surface area contributed by atoms with Gasteiger partial charge in [-0.05, 0) is 54.7 Å². The second kappa shape index (κ2) is 7.61. The van der Waals surface area contributed by atoms with E-state index in [1.807, 2.05) is 0 Å². The Hall–Kier alpha value is -2.52. The van der Waals surface area contributed by atoms with Crippen molar-refractivity contribution in [1.29, 1.82) is 0 Å². The number of aromatic nitrogens is 3. The molecule has 0 aliphatic carbocycles. The Labute approximate surface area is 162 Å². The highest BCUT2D eigenvalue weighted by Crippen LogP contribution is 2.34. The van der Waals surface area contributed by atoms with Gasteiger partial charge in [-0.3, -0.25) is 9.67 Å². The van der Waals surface area contributed by atoms with E-state index in [9.17, 15) is 13.2 Å². The topological polar surface area (TPSA) is 54.9 Å². The number of alkyl halides is 3. The number of nitrogens with one attached hydrogen (secondary N) is 2. The van der Waals surface area contributed by atoms with Crippen LogP contribution in [0, 0.1) is 4.77 Å². The van der Waals surface area contributed by atoms with Crippen molar-refractivity contribution in [2.75, 3.05) is 12.4 Å². The van der Waals surface area contributed by atoms with Crippen LogP contribution in [0.1, 0.15) is 11.4 Å². The Kier molecular flexibility index (Phi) is 5.43. The maximum absolute atomic E-state index is 12.9. The van der Waals surface area contributed by atoms with E-state index in [4.69, 9.17) is 28.6 Å². The first-order valence-electron chi connectivity index (χ1n) is 7.71. The average molecular weight is 415 g/mol. The number of methoxy groups -OCH3 is 1. The van der Waals surface area contributed by atoms with Gasteiger partial charge in [0.15, 0.2) is 10.6 Å². The molecule has 3 rings (SSSR count). The molecular formula is C17H14ClF3N4OS. The molecule has 0 atom stereocenters. The van der Waals surface area contributed by atoms with E-state index in [0.717, 1.165) is 17.8 Å². The van der Waals surface area contributed by atoms with Crippen LogP contribution in [0.15, 0.2) is 42.5 Å². The lowest BCUT2D eigenvalue weighted by atomic mass is 10.2. The number of hydrogen-bond donors (Lipinski definition) is 2. The smallest absolute Gasteiger partial charge is 0.416 e. The molecule has 1 heterocycles. The minimum absolute atomic E-state index is 0.111. The van der Waals surface area contributed by atoms with Crippen LogP contribution in [0.5, 0.6) is 5.75 Å². The quantitative estimate of drug-likeness (QED) is 0.562. The molecule has 0 saturated heterocycles. The van der Waals surface area contributed by atoms with Crippen LogP contribution in [-0.2, 0) is 12.7 Å². The lowest BCUT2D eigenvalue weighted by Crippen LogP contribution is -2.10. The Morgan fingerprint density at radius 2 is 1.93 bits per heavy atom. The maximum Gasteiger partial charge on any atom is 0.416 e. The molecule has 0 aliphatic heterocycles. The molecule has 3 aromatic rings. The predicted molar refractivity (Wildman–Crippen MR) is 99.1 cm³/mol. The van der Waals surface area contributed by atoms with Crippen molar-refractivity contribution in [3.63, 3.8) is 0 Å². The second-order valence-electron chi connectivity index (χ2n) is 5.52. The van der Waals surface area contributed by atoms with Gasteiger partial charge in [0, 0.05) is 5.69 Å². The second-order valence-corrected chi connectivity index (χ2v) is 6.32. The van der Waals surface area contributed by atoms with Crippen LogP contribution in [0.3, 0.4) is 0 Å². The molecule has 0 radical (unpaired) electrons. The average Bonchev–Trinajstić information content (AvgIpc) is 3.00.